The first-order valence-electron chi connectivity index (χ1n) is 5.50. The van der Waals surface area contributed by atoms with E-state index in [2.05, 4.69) is 10.2 Å². The number of hydrogen-bond donors (Lipinski definition) is 2. The number of nitrogen functional groups attached to an aromatic ring is 1. The van der Waals surface area contributed by atoms with Gasteiger partial charge in [0.15, 0.2) is 5.16 Å². The second-order valence-corrected chi connectivity index (χ2v) is 5.17. The number of hydrogen-bond acceptors (Lipinski definition) is 4. The molecule has 0 saturated heterocycles. The van der Waals surface area contributed by atoms with E-state index in [9.17, 15) is 4.79 Å². The van der Waals surface area contributed by atoms with E-state index in [1.807, 2.05) is 13.0 Å². The predicted octanol–water partition coefficient (Wildman–Crippen LogP) is 2.37. The van der Waals surface area contributed by atoms with Crippen LogP contribution < -0.4 is 11.4 Å². The molecule has 0 aliphatic carbocycles. The Morgan fingerprint density at radius 3 is 3.00 bits per heavy atom. The quantitative estimate of drug-likeness (QED) is 0.845. The molecule has 0 aliphatic rings. The molecule has 96 valence electrons. The Bertz CT molecular complexity index is 607. The average Bonchev–Trinajstić information content (AvgIpc) is 2.66. The first-order chi connectivity index (χ1) is 8.61. The summed E-state index contributed by atoms with van der Waals surface area (Å²) in [5, 5.41) is 7.59. The van der Waals surface area contributed by atoms with Gasteiger partial charge in [-0.15, -0.1) is 5.10 Å². The molecule has 1 aromatic carbocycles. The van der Waals surface area contributed by atoms with Gasteiger partial charge in [0.25, 0.3) is 0 Å². The highest BCUT2D eigenvalue weighted by Crippen LogP contribution is 2.32. The Morgan fingerprint density at radius 2 is 2.33 bits per heavy atom. The lowest BCUT2D eigenvalue weighted by atomic mass is 10.3. The Balaban J connectivity index is 2.31. The minimum absolute atomic E-state index is 0.203. The van der Waals surface area contributed by atoms with Crippen molar-refractivity contribution in [3.63, 3.8) is 0 Å². The second kappa shape index (κ2) is 5.49. The Labute approximate surface area is 113 Å². The summed E-state index contributed by atoms with van der Waals surface area (Å²) >= 11 is 7.43. The maximum absolute atomic E-state index is 11.5. The fourth-order valence-electron chi connectivity index (χ4n) is 1.50. The summed E-state index contributed by atoms with van der Waals surface area (Å²) in [6.07, 6.45) is 0.864. The van der Waals surface area contributed by atoms with Gasteiger partial charge in [-0.3, -0.25) is 4.57 Å². The monoisotopic (exact) mass is 284 g/mol. The zero-order valence-electron chi connectivity index (χ0n) is 9.81. The highest BCUT2D eigenvalue weighted by Gasteiger charge is 2.11. The van der Waals surface area contributed by atoms with Crippen LogP contribution in [-0.4, -0.2) is 14.8 Å². The van der Waals surface area contributed by atoms with E-state index in [4.69, 9.17) is 17.3 Å². The van der Waals surface area contributed by atoms with E-state index >= 15 is 0 Å². The molecule has 18 heavy (non-hydrogen) atoms. The molecule has 1 heterocycles. The van der Waals surface area contributed by atoms with Gasteiger partial charge in [-0.1, -0.05) is 18.5 Å². The van der Waals surface area contributed by atoms with Crippen LogP contribution in [0.25, 0.3) is 0 Å². The van der Waals surface area contributed by atoms with Crippen LogP contribution in [0.5, 0.6) is 0 Å². The summed E-state index contributed by atoms with van der Waals surface area (Å²) in [6, 6.07) is 5.26. The third-order valence-corrected chi connectivity index (χ3v) is 3.82. The average molecular weight is 285 g/mol. The van der Waals surface area contributed by atoms with Crippen molar-refractivity contribution < 1.29 is 0 Å². The lowest BCUT2D eigenvalue weighted by Crippen LogP contribution is -2.17. The highest BCUT2D eigenvalue weighted by molar-refractivity contribution is 7.99. The van der Waals surface area contributed by atoms with Crippen molar-refractivity contribution in [1.82, 2.24) is 14.8 Å². The van der Waals surface area contributed by atoms with Gasteiger partial charge in [0.05, 0.1) is 5.02 Å². The lowest BCUT2D eigenvalue weighted by Gasteiger charge is -2.05. The summed E-state index contributed by atoms with van der Waals surface area (Å²) in [7, 11) is 0. The van der Waals surface area contributed by atoms with E-state index in [1.54, 1.807) is 16.7 Å². The van der Waals surface area contributed by atoms with E-state index < -0.39 is 0 Å². The number of nitrogens with one attached hydrogen (secondary N) is 1. The van der Waals surface area contributed by atoms with Gasteiger partial charge in [0.2, 0.25) is 0 Å². The first-order valence-corrected chi connectivity index (χ1v) is 6.69. The van der Waals surface area contributed by atoms with Gasteiger partial charge in [0, 0.05) is 17.1 Å². The molecule has 0 saturated carbocycles. The molecule has 0 aliphatic heterocycles. The smallest absolute Gasteiger partial charge is 0.343 e. The molecular weight excluding hydrogens is 272 g/mol. The molecule has 3 N–H and O–H groups in total. The summed E-state index contributed by atoms with van der Waals surface area (Å²) in [4.78, 5) is 12.4. The molecule has 2 rings (SSSR count). The number of benzene rings is 1. The highest BCUT2D eigenvalue weighted by atomic mass is 35.5. The van der Waals surface area contributed by atoms with Crippen LogP contribution in [0, 0.1) is 0 Å². The standard InChI is InChI=1S/C11H13ClN4OS/c1-2-5-16-10(17)14-15-11(16)18-9-4-3-7(13)6-8(9)12/h3-4,6H,2,5,13H2,1H3,(H,14,17). The van der Waals surface area contributed by atoms with Crippen LogP contribution in [0.15, 0.2) is 33.0 Å². The third kappa shape index (κ3) is 2.70. The van der Waals surface area contributed by atoms with Crippen LogP contribution >= 0.6 is 23.4 Å². The zero-order chi connectivity index (χ0) is 13.1. The van der Waals surface area contributed by atoms with Gasteiger partial charge in [0.1, 0.15) is 0 Å². The minimum Gasteiger partial charge on any atom is -0.399 e. The van der Waals surface area contributed by atoms with Gasteiger partial charge >= 0.3 is 5.69 Å². The number of H-pyrrole nitrogens is 1. The second-order valence-electron chi connectivity index (χ2n) is 3.75. The molecule has 2 aromatic rings. The SMILES string of the molecule is CCCn1c(Sc2ccc(N)cc2Cl)n[nH]c1=O. The third-order valence-electron chi connectivity index (χ3n) is 2.33. The number of nitrogens with two attached hydrogens (primary N) is 1. The largest absolute Gasteiger partial charge is 0.399 e. The van der Waals surface area contributed by atoms with Crippen LogP contribution in [0.2, 0.25) is 5.02 Å². The van der Waals surface area contributed by atoms with Crippen molar-refractivity contribution in [2.24, 2.45) is 0 Å². The van der Waals surface area contributed by atoms with Crippen LogP contribution in [0.1, 0.15) is 13.3 Å². The number of halogens is 1. The summed E-state index contributed by atoms with van der Waals surface area (Å²) < 4.78 is 1.59. The van der Waals surface area contributed by atoms with Crippen molar-refractivity contribution in [2.45, 2.75) is 29.9 Å². The summed E-state index contributed by atoms with van der Waals surface area (Å²) in [5.74, 6) is 0. The van der Waals surface area contributed by atoms with E-state index in [1.165, 1.54) is 11.8 Å². The molecule has 5 nitrogen and oxygen atoms in total. The maximum Gasteiger partial charge on any atom is 0.343 e. The lowest BCUT2D eigenvalue weighted by molar-refractivity contribution is 0.604. The Morgan fingerprint density at radius 1 is 1.56 bits per heavy atom. The van der Waals surface area contributed by atoms with Crippen molar-refractivity contribution in [3.05, 3.63) is 33.7 Å². The zero-order valence-corrected chi connectivity index (χ0v) is 11.4. The van der Waals surface area contributed by atoms with Crippen molar-refractivity contribution in [2.75, 3.05) is 5.73 Å². The van der Waals surface area contributed by atoms with Crippen molar-refractivity contribution >= 4 is 29.1 Å². The Hall–Kier alpha value is -1.40. The molecule has 0 atom stereocenters. The van der Waals surface area contributed by atoms with E-state index in [-0.39, 0.29) is 5.69 Å². The normalized spacial score (nSPS) is 10.8. The fourth-order valence-corrected chi connectivity index (χ4v) is 2.67. The Kier molecular flexibility index (Phi) is 3.98. The molecule has 7 heteroatoms. The number of aromatic amines is 1. The van der Waals surface area contributed by atoms with Crippen LogP contribution in [0.3, 0.4) is 0 Å². The van der Waals surface area contributed by atoms with Gasteiger partial charge in [-0.05, 0) is 36.4 Å². The molecule has 0 fully saturated rings. The van der Waals surface area contributed by atoms with E-state index in [0.717, 1.165) is 11.3 Å². The molecule has 1 aromatic heterocycles. The molecule has 0 unspecified atom stereocenters. The van der Waals surface area contributed by atoms with Crippen molar-refractivity contribution in [1.29, 1.82) is 0 Å². The molecular formula is C11H13ClN4OS. The fraction of sp³-hybridized carbons (Fsp3) is 0.273. The van der Waals surface area contributed by atoms with Crippen LogP contribution in [-0.2, 0) is 6.54 Å². The first kappa shape index (κ1) is 13.0. The molecule has 0 amide bonds. The maximum atomic E-state index is 11.5. The van der Waals surface area contributed by atoms with Crippen molar-refractivity contribution in [3.8, 4) is 0 Å². The van der Waals surface area contributed by atoms with E-state index in [0.29, 0.717) is 22.4 Å². The van der Waals surface area contributed by atoms with Gasteiger partial charge in [-0.2, -0.15) is 0 Å². The molecule has 0 bridgehead atoms. The topological polar surface area (TPSA) is 76.7 Å². The van der Waals surface area contributed by atoms with Gasteiger partial charge in [-0.25, -0.2) is 9.89 Å². The number of nitrogens with zero attached hydrogens (tertiary/aromatic N) is 2. The summed E-state index contributed by atoms with van der Waals surface area (Å²) in [6.45, 7) is 2.63. The minimum atomic E-state index is -0.203. The molecule has 0 spiro atoms. The number of rotatable bonds is 4. The number of anilines is 1. The van der Waals surface area contributed by atoms with Crippen LogP contribution in [0.4, 0.5) is 5.69 Å². The molecule has 0 radical (unpaired) electrons. The summed E-state index contributed by atoms with van der Waals surface area (Å²) in [5.41, 5.74) is 6.04. The number of aromatic nitrogens is 3. The predicted molar refractivity (Wildman–Crippen MR) is 73.1 cm³/mol. The van der Waals surface area contributed by atoms with Gasteiger partial charge < -0.3 is 5.73 Å².